The Kier molecular flexibility index (Phi) is 5.44. The molecule has 1 atom stereocenters. The number of hydrogen-bond acceptors (Lipinski definition) is 1. The van der Waals surface area contributed by atoms with Crippen molar-refractivity contribution in [1.82, 2.24) is 0 Å². The molecule has 1 rings (SSSR count). The van der Waals surface area contributed by atoms with Crippen LogP contribution in [0.5, 0.6) is 5.75 Å². The molecule has 0 aliphatic rings. The van der Waals surface area contributed by atoms with E-state index in [1.54, 1.807) is 6.07 Å². The Morgan fingerprint density at radius 3 is 2.65 bits per heavy atom. The molecule has 0 aliphatic carbocycles. The third-order valence-corrected chi connectivity index (χ3v) is 4.41. The summed E-state index contributed by atoms with van der Waals surface area (Å²) in [6, 6.07) is 5.34. The Hall–Kier alpha value is -0.570. The molecule has 1 unspecified atom stereocenters. The second-order valence-electron chi connectivity index (χ2n) is 4.80. The molecule has 0 aromatic heterocycles. The zero-order valence-corrected chi connectivity index (χ0v) is 12.3. The minimum Gasteiger partial charge on any atom is -0.494 e. The maximum atomic E-state index is 14.0. The second kappa shape index (κ2) is 6.39. The summed E-state index contributed by atoms with van der Waals surface area (Å²) in [5.41, 5.74) is 0.835. The monoisotopic (exact) mass is 302 g/mol. The number of methoxy groups -OCH3 is 1. The highest BCUT2D eigenvalue weighted by Gasteiger charge is 2.24. The van der Waals surface area contributed by atoms with E-state index in [-0.39, 0.29) is 11.2 Å². The van der Waals surface area contributed by atoms with Crippen LogP contribution in [0.3, 0.4) is 0 Å². The highest BCUT2D eigenvalue weighted by atomic mass is 79.9. The van der Waals surface area contributed by atoms with Crippen LogP contribution in [-0.4, -0.2) is 12.4 Å². The molecule has 0 spiro atoms. The van der Waals surface area contributed by atoms with Crippen molar-refractivity contribution in [3.63, 3.8) is 0 Å². The van der Waals surface area contributed by atoms with Gasteiger partial charge in [-0.1, -0.05) is 48.3 Å². The molecular weight excluding hydrogens is 283 g/mol. The zero-order valence-electron chi connectivity index (χ0n) is 10.7. The van der Waals surface area contributed by atoms with Gasteiger partial charge >= 0.3 is 0 Å². The Morgan fingerprint density at radius 2 is 2.12 bits per heavy atom. The largest absolute Gasteiger partial charge is 0.494 e. The lowest BCUT2D eigenvalue weighted by molar-refractivity contribution is 0.330. The first-order valence-corrected chi connectivity index (χ1v) is 7.06. The molecule has 0 radical (unpaired) electrons. The zero-order chi connectivity index (χ0) is 12.9. The smallest absolute Gasteiger partial charge is 0.168 e. The molecule has 17 heavy (non-hydrogen) atoms. The summed E-state index contributed by atoms with van der Waals surface area (Å²) in [5, 5.41) is 0.879. The van der Waals surface area contributed by atoms with Gasteiger partial charge in [0.25, 0.3) is 0 Å². The summed E-state index contributed by atoms with van der Waals surface area (Å²) < 4.78 is 19.0. The summed E-state index contributed by atoms with van der Waals surface area (Å²) in [6.07, 6.45) is 2.91. The van der Waals surface area contributed by atoms with Gasteiger partial charge in [-0.15, -0.1) is 0 Å². The van der Waals surface area contributed by atoms with Crippen LogP contribution in [0.1, 0.15) is 32.3 Å². The van der Waals surface area contributed by atoms with E-state index in [2.05, 4.69) is 29.8 Å². The number of ether oxygens (including phenoxy) is 1. The predicted molar refractivity (Wildman–Crippen MR) is 73.5 cm³/mol. The topological polar surface area (TPSA) is 9.23 Å². The number of hydrogen-bond donors (Lipinski definition) is 0. The van der Waals surface area contributed by atoms with Crippen LogP contribution in [0.4, 0.5) is 4.39 Å². The maximum Gasteiger partial charge on any atom is 0.168 e. The van der Waals surface area contributed by atoms with Gasteiger partial charge < -0.3 is 4.74 Å². The second-order valence-corrected chi connectivity index (χ2v) is 5.37. The maximum absolute atomic E-state index is 14.0. The Balaban J connectivity index is 2.93. The van der Waals surface area contributed by atoms with Gasteiger partial charge in [-0.25, -0.2) is 4.39 Å². The average molecular weight is 303 g/mol. The van der Waals surface area contributed by atoms with E-state index >= 15 is 0 Å². The van der Waals surface area contributed by atoms with E-state index in [1.807, 2.05) is 12.1 Å². The fourth-order valence-electron chi connectivity index (χ4n) is 2.12. The summed E-state index contributed by atoms with van der Waals surface area (Å²) in [6.45, 7) is 4.34. The van der Waals surface area contributed by atoms with E-state index in [0.717, 1.165) is 30.2 Å². The molecule has 0 N–H and O–H groups in total. The van der Waals surface area contributed by atoms with Crippen molar-refractivity contribution in [1.29, 1.82) is 0 Å². The first-order valence-electron chi connectivity index (χ1n) is 5.93. The lowest BCUT2D eigenvalue weighted by Gasteiger charge is -2.27. The van der Waals surface area contributed by atoms with Crippen LogP contribution >= 0.6 is 15.9 Å². The number of benzene rings is 1. The first kappa shape index (κ1) is 14.5. The fourth-order valence-corrected chi connectivity index (χ4v) is 2.59. The van der Waals surface area contributed by atoms with Crippen molar-refractivity contribution < 1.29 is 9.13 Å². The molecule has 0 amide bonds. The fraction of sp³-hybridized carbons (Fsp3) is 0.571. The molecular formula is C14H20BrFO. The molecule has 0 aliphatic heterocycles. The first-order chi connectivity index (χ1) is 8.06. The summed E-state index contributed by atoms with van der Waals surface area (Å²) in [7, 11) is 1.50. The van der Waals surface area contributed by atoms with Gasteiger partial charge in [-0.3, -0.25) is 0 Å². The summed E-state index contributed by atoms with van der Waals surface area (Å²) in [4.78, 5) is 0. The van der Waals surface area contributed by atoms with Crippen LogP contribution in [0.2, 0.25) is 0 Å². The molecule has 0 saturated heterocycles. The molecule has 1 aromatic carbocycles. The standard InChI is InChI=1S/C14H20BrFO/c1-4-8-14(2,10-15)9-11-6-5-7-12(17-3)13(11)16/h5-7H,4,8-10H2,1-3H3. The van der Waals surface area contributed by atoms with Gasteiger partial charge in [-0.05, 0) is 29.9 Å². The lowest BCUT2D eigenvalue weighted by atomic mass is 9.81. The van der Waals surface area contributed by atoms with Crippen LogP contribution in [0.15, 0.2) is 18.2 Å². The van der Waals surface area contributed by atoms with Crippen LogP contribution < -0.4 is 4.74 Å². The lowest BCUT2D eigenvalue weighted by Crippen LogP contribution is -2.22. The van der Waals surface area contributed by atoms with E-state index in [0.29, 0.717) is 5.75 Å². The van der Waals surface area contributed by atoms with E-state index in [1.165, 1.54) is 7.11 Å². The van der Waals surface area contributed by atoms with Gasteiger partial charge in [-0.2, -0.15) is 0 Å². The highest BCUT2D eigenvalue weighted by molar-refractivity contribution is 9.09. The summed E-state index contributed by atoms with van der Waals surface area (Å²) >= 11 is 3.54. The van der Waals surface area contributed by atoms with Gasteiger partial charge in [0, 0.05) is 5.33 Å². The van der Waals surface area contributed by atoms with Crippen molar-refractivity contribution in [3.8, 4) is 5.75 Å². The van der Waals surface area contributed by atoms with E-state index in [9.17, 15) is 4.39 Å². The minimum atomic E-state index is -0.224. The molecule has 0 saturated carbocycles. The molecule has 96 valence electrons. The molecule has 0 bridgehead atoms. The van der Waals surface area contributed by atoms with Gasteiger partial charge in [0.15, 0.2) is 11.6 Å². The Labute approximate surface area is 111 Å². The molecule has 0 heterocycles. The Bertz CT molecular complexity index is 367. The quantitative estimate of drug-likeness (QED) is 0.699. The van der Waals surface area contributed by atoms with Crippen molar-refractivity contribution >= 4 is 15.9 Å². The van der Waals surface area contributed by atoms with Crippen molar-refractivity contribution in [2.45, 2.75) is 33.1 Å². The number of halogens is 2. The van der Waals surface area contributed by atoms with Crippen molar-refractivity contribution in [2.75, 3.05) is 12.4 Å². The van der Waals surface area contributed by atoms with Gasteiger partial charge in [0.1, 0.15) is 0 Å². The molecule has 1 nitrogen and oxygen atoms in total. The third-order valence-electron chi connectivity index (χ3n) is 3.06. The minimum absolute atomic E-state index is 0.0992. The van der Waals surface area contributed by atoms with Gasteiger partial charge in [0.05, 0.1) is 7.11 Å². The Morgan fingerprint density at radius 1 is 1.41 bits per heavy atom. The molecule has 3 heteroatoms. The van der Waals surface area contributed by atoms with E-state index in [4.69, 9.17) is 4.74 Å². The predicted octanol–water partition coefficient (Wildman–Crippen LogP) is 4.58. The van der Waals surface area contributed by atoms with Crippen LogP contribution in [0.25, 0.3) is 0 Å². The van der Waals surface area contributed by atoms with Crippen molar-refractivity contribution in [3.05, 3.63) is 29.6 Å². The van der Waals surface area contributed by atoms with E-state index < -0.39 is 0 Å². The molecule has 1 aromatic rings. The van der Waals surface area contributed by atoms with Crippen LogP contribution in [0, 0.1) is 11.2 Å². The highest BCUT2D eigenvalue weighted by Crippen LogP contribution is 2.32. The summed E-state index contributed by atoms with van der Waals surface area (Å²) in [5.74, 6) is 0.106. The number of alkyl halides is 1. The SMILES string of the molecule is CCCC(C)(CBr)Cc1cccc(OC)c1F. The average Bonchev–Trinajstić information content (AvgIpc) is 2.32. The normalized spacial score (nSPS) is 14.4. The van der Waals surface area contributed by atoms with Gasteiger partial charge in [0.2, 0.25) is 0 Å². The van der Waals surface area contributed by atoms with Crippen LogP contribution in [-0.2, 0) is 6.42 Å². The molecule has 0 fully saturated rings. The number of rotatable bonds is 6. The van der Waals surface area contributed by atoms with Crippen molar-refractivity contribution in [2.24, 2.45) is 5.41 Å². The third kappa shape index (κ3) is 3.70.